The Kier molecular flexibility index (Phi) is 4.30. The van der Waals surface area contributed by atoms with Crippen LogP contribution in [0.5, 0.6) is 0 Å². The smallest absolute Gasteiger partial charge is 0.159 e. The predicted octanol–water partition coefficient (Wildman–Crippen LogP) is 4.21. The van der Waals surface area contributed by atoms with Crippen molar-refractivity contribution in [3.05, 3.63) is 72.3 Å². The molecule has 2 aromatic carbocycles. The summed E-state index contributed by atoms with van der Waals surface area (Å²) in [6.07, 6.45) is 2.86. The lowest BCUT2D eigenvalue weighted by atomic mass is 10.0. The van der Waals surface area contributed by atoms with Gasteiger partial charge in [0.25, 0.3) is 0 Å². The molecule has 96 valence electrons. The second-order valence-electron chi connectivity index (χ2n) is 4.59. The van der Waals surface area contributed by atoms with Gasteiger partial charge in [-0.2, -0.15) is 0 Å². The Morgan fingerprint density at radius 2 is 1.42 bits per heavy atom. The van der Waals surface area contributed by atoms with E-state index in [1.807, 2.05) is 12.1 Å². The minimum Gasteiger partial charge on any atom is -0.295 e. The predicted molar refractivity (Wildman–Crippen MR) is 80.2 cm³/mol. The monoisotopic (exact) mass is 250 g/mol. The third-order valence-electron chi connectivity index (χ3n) is 3.26. The molecule has 0 spiro atoms. The van der Waals surface area contributed by atoms with E-state index in [0.717, 1.165) is 12.0 Å². The first-order valence-corrected chi connectivity index (χ1v) is 6.56. The zero-order valence-electron chi connectivity index (χ0n) is 11.2. The van der Waals surface area contributed by atoms with Crippen molar-refractivity contribution in [2.75, 3.05) is 0 Å². The summed E-state index contributed by atoms with van der Waals surface area (Å²) >= 11 is 0. The van der Waals surface area contributed by atoms with Gasteiger partial charge in [0.1, 0.15) is 0 Å². The fourth-order valence-electron chi connectivity index (χ4n) is 2.02. The van der Waals surface area contributed by atoms with E-state index in [2.05, 4.69) is 49.9 Å². The van der Waals surface area contributed by atoms with Crippen LogP contribution in [0.15, 0.2) is 61.2 Å². The molecule has 0 atom stereocenters. The number of aryl methyl sites for hydroxylation is 1. The molecule has 0 aromatic heterocycles. The maximum atomic E-state index is 11.3. The molecule has 0 radical (unpaired) electrons. The van der Waals surface area contributed by atoms with Gasteiger partial charge in [0.15, 0.2) is 5.78 Å². The van der Waals surface area contributed by atoms with Crippen LogP contribution in [0.3, 0.4) is 0 Å². The molecule has 1 heteroatoms. The van der Waals surface area contributed by atoms with Gasteiger partial charge in [0.2, 0.25) is 0 Å². The molecule has 0 heterocycles. The van der Waals surface area contributed by atoms with Crippen molar-refractivity contribution in [2.24, 2.45) is 0 Å². The van der Waals surface area contributed by atoms with Crippen molar-refractivity contribution >= 4 is 5.78 Å². The minimum absolute atomic E-state index is 0.0556. The molecule has 0 aliphatic heterocycles. The first-order valence-electron chi connectivity index (χ1n) is 6.56. The van der Waals surface area contributed by atoms with Gasteiger partial charge >= 0.3 is 0 Å². The molecule has 0 bridgehead atoms. The van der Waals surface area contributed by atoms with Crippen LogP contribution in [0.1, 0.15) is 18.1 Å². The Bertz CT molecular complexity index is 562. The van der Waals surface area contributed by atoms with Gasteiger partial charge in [-0.05, 0) is 34.8 Å². The second-order valence-corrected chi connectivity index (χ2v) is 4.59. The Balaban J connectivity index is 2.17. The summed E-state index contributed by atoms with van der Waals surface area (Å²) in [5, 5.41) is 0. The molecule has 0 N–H and O–H groups in total. The maximum absolute atomic E-state index is 11.3. The third kappa shape index (κ3) is 3.41. The van der Waals surface area contributed by atoms with Gasteiger partial charge in [-0.25, -0.2) is 0 Å². The Hall–Kier alpha value is -2.15. The van der Waals surface area contributed by atoms with E-state index in [-0.39, 0.29) is 5.78 Å². The van der Waals surface area contributed by atoms with Gasteiger partial charge < -0.3 is 0 Å². The quantitative estimate of drug-likeness (QED) is 0.726. The molecule has 19 heavy (non-hydrogen) atoms. The van der Waals surface area contributed by atoms with E-state index in [9.17, 15) is 4.79 Å². The highest BCUT2D eigenvalue weighted by molar-refractivity contribution is 5.90. The lowest BCUT2D eigenvalue weighted by Gasteiger charge is -2.04. The zero-order valence-corrected chi connectivity index (χ0v) is 11.2. The van der Waals surface area contributed by atoms with Crippen molar-refractivity contribution in [2.45, 2.75) is 19.8 Å². The van der Waals surface area contributed by atoms with Crippen molar-refractivity contribution in [1.29, 1.82) is 0 Å². The molecule has 0 aliphatic rings. The van der Waals surface area contributed by atoms with Crippen molar-refractivity contribution in [1.82, 2.24) is 0 Å². The van der Waals surface area contributed by atoms with Crippen LogP contribution in [0.2, 0.25) is 0 Å². The molecule has 0 unspecified atom stereocenters. The van der Waals surface area contributed by atoms with Crippen LogP contribution in [-0.2, 0) is 17.6 Å². The number of rotatable bonds is 5. The summed E-state index contributed by atoms with van der Waals surface area (Å²) in [5.74, 6) is 0.0556. The zero-order chi connectivity index (χ0) is 13.7. The van der Waals surface area contributed by atoms with E-state index >= 15 is 0 Å². The molecule has 0 amide bonds. The topological polar surface area (TPSA) is 17.1 Å². The molecule has 2 rings (SSSR count). The fraction of sp³-hybridized carbons (Fsp3) is 0.167. The Morgan fingerprint density at radius 1 is 0.947 bits per heavy atom. The van der Waals surface area contributed by atoms with Gasteiger partial charge in [-0.3, -0.25) is 4.79 Å². The summed E-state index contributed by atoms with van der Waals surface area (Å²) in [7, 11) is 0. The highest BCUT2D eigenvalue weighted by Crippen LogP contribution is 2.20. The van der Waals surface area contributed by atoms with Crippen molar-refractivity contribution in [3.8, 4) is 11.1 Å². The van der Waals surface area contributed by atoms with E-state index < -0.39 is 0 Å². The van der Waals surface area contributed by atoms with Gasteiger partial charge in [-0.15, -0.1) is 0 Å². The lowest BCUT2D eigenvalue weighted by molar-refractivity contribution is -0.114. The van der Waals surface area contributed by atoms with Crippen molar-refractivity contribution < 1.29 is 4.79 Å². The lowest BCUT2D eigenvalue weighted by Crippen LogP contribution is -1.97. The highest BCUT2D eigenvalue weighted by atomic mass is 16.1. The molecule has 1 nitrogen and oxygen atoms in total. The third-order valence-corrected chi connectivity index (χ3v) is 3.26. The number of hydrogen-bond donors (Lipinski definition) is 0. The number of allylic oxidation sites excluding steroid dienone is 1. The SMILES string of the molecule is C=CC(=O)Cc1ccc(-c2ccc(CC)cc2)cc1. The van der Waals surface area contributed by atoms with Crippen LogP contribution < -0.4 is 0 Å². The number of hydrogen-bond acceptors (Lipinski definition) is 1. The van der Waals surface area contributed by atoms with Crippen LogP contribution in [-0.4, -0.2) is 5.78 Å². The normalized spacial score (nSPS) is 10.2. The van der Waals surface area contributed by atoms with Crippen molar-refractivity contribution in [3.63, 3.8) is 0 Å². The maximum Gasteiger partial charge on any atom is 0.159 e. The first kappa shape index (κ1) is 13.3. The van der Waals surface area contributed by atoms with Crippen LogP contribution in [0.25, 0.3) is 11.1 Å². The van der Waals surface area contributed by atoms with E-state index in [4.69, 9.17) is 0 Å². The van der Waals surface area contributed by atoms with Crippen LogP contribution in [0, 0.1) is 0 Å². The second kappa shape index (κ2) is 6.14. The van der Waals surface area contributed by atoms with Gasteiger partial charge in [-0.1, -0.05) is 62.0 Å². The van der Waals surface area contributed by atoms with Gasteiger partial charge in [0, 0.05) is 6.42 Å². The summed E-state index contributed by atoms with van der Waals surface area (Å²) in [5.41, 5.74) is 4.76. The molecule has 0 fully saturated rings. The van der Waals surface area contributed by atoms with Gasteiger partial charge in [0.05, 0.1) is 0 Å². The first-order chi connectivity index (χ1) is 9.22. The van der Waals surface area contributed by atoms with E-state index in [0.29, 0.717) is 6.42 Å². The Morgan fingerprint density at radius 3 is 1.84 bits per heavy atom. The summed E-state index contributed by atoms with van der Waals surface area (Å²) in [6, 6.07) is 16.7. The summed E-state index contributed by atoms with van der Waals surface area (Å²) in [4.78, 5) is 11.3. The average Bonchev–Trinajstić information content (AvgIpc) is 2.48. The fourth-order valence-corrected chi connectivity index (χ4v) is 2.02. The molecular weight excluding hydrogens is 232 g/mol. The van der Waals surface area contributed by atoms with Crippen LogP contribution >= 0.6 is 0 Å². The summed E-state index contributed by atoms with van der Waals surface area (Å²) < 4.78 is 0. The number of benzene rings is 2. The molecule has 0 saturated heterocycles. The number of carbonyl (C=O) groups is 1. The number of carbonyl (C=O) groups excluding carboxylic acids is 1. The highest BCUT2D eigenvalue weighted by Gasteiger charge is 2.01. The van der Waals surface area contributed by atoms with Crippen LogP contribution in [0.4, 0.5) is 0 Å². The summed E-state index contributed by atoms with van der Waals surface area (Å²) in [6.45, 7) is 5.64. The minimum atomic E-state index is 0.0556. The van der Waals surface area contributed by atoms with E-state index in [1.165, 1.54) is 22.8 Å². The average molecular weight is 250 g/mol. The Labute approximate surface area is 114 Å². The molecular formula is C18H18O. The molecule has 0 aliphatic carbocycles. The van der Waals surface area contributed by atoms with E-state index in [1.54, 1.807) is 0 Å². The molecule has 0 saturated carbocycles. The molecule has 2 aromatic rings. The standard InChI is InChI=1S/C18H18O/c1-3-14-5-9-16(10-6-14)17-11-7-15(8-12-17)13-18(19)4-2/h4-12H,2-3,13H2,1H3. The number of ketones is 1. The largest absolute Gasteiger partial charge is 0.295 e.